The van der Waals surface area contributed by atoms with Crippen LogP contribution in [0.5, 0.6) is 0 Å². The molecule has 1 saturated heterocycles. The Balaban J connectivity index is 2.12. The van der Waals surface area contributed by atoms with E-state index < -0.39 is 29.6 Å². The number of alkyl halides is 3. The van der Waals surface area contributed by atoms with Crippen molar-refractivity contribution in [1.82, 2.24) is 20.9 Å². The van der Waals surface area contributed by atoms with Crippen LogP contribution in [0.15, 0.2) is 18.3 Å². The van der Waals surface area contributed by atoms with Gasteiger partial charge < -0.3 is 16.0 Å². The van der Waals surface area contributed by atoms with E-state index in [0.29, 0.717) is 25.9 Å². The molecule has 1 unspecified atom stereocenters. The summed E-state index contributed by atoms with van der Waals surface area (Å²) in [4.78, 5) is 37.3. The number of carbonyl (C=O) groups excluding carboxylic acids is 2. The molecule has 1 atom stereocenters. The Morgan fingerprint density at radius 1 is 1.33 bits per heavy atom. The quantitative estimate of drug-likeness (QED) is 0.489. The molecular formula is C15H18F3N5O4. The summed E-state index contributed by atoms with van der Waals surface area (Å²) in [5.41, 5.74) is -0.202. The molecule has 9 nitrogen and oxygen atoms in total. The summed E-state index contributed by atoms with van der Waals surface area (Å²) in [6, 6.07) is 1.29. The zero-order chi connectivity index (χ0) is 20.0. The maximum atomic E-state index is 12.4. The molecule has 2 heterocycles. The van der Waals surface area contributed by atoms with E-state index in [1.165, 1.54) is 6.07 Å². The SMILES string of the molecule is O=C(NC(CNC(=O)C(F)(F)F)c1ccc([N+](=O)[O-])cn1)C1CCNCC1. The number of hydrogen-bond donors (Lipinski definition) is 3. The summed E-state index contributed by atoms with van der Waals surface area (Å²) in [5.74, 6) is -2.83. The van der Waals surface area contributed by atoms with Gasteiger partial charge in [-0.25, -0.2) is 0 Å². The molecule has 1 aromatic heterocycles. The lowest BCUT2D eigenvalue weighted by atomic mass is 9.96. The second-order valence-corrected chi connectivity index (χ2v) is 5.99. The lowest BCUT2D eigenvalue weighted by Crippen LogP contribution is -2.45. The maximum absolute atomic E-state index is 12.4. The predicted molar refractivity (Wildman–Crippen MR) is 86.4 cm³/mol. The molecule has 0 aromatic carbocycles. The lowest BCUT2D eigenvalue weighted by Gasteiger charge is -2.25. The monoisotopic (exact) mass is 389 g/mol. The van der Waals surface area contributed by atoms with Crippen molar-refractivity contribution in [2.75, 3.05) is 19.6 Å². The van der Waals surface area contributed by atoms with E-state index in [1.54, 1.807) is 5.32 Å². The van der Waals surface area contributed by atoms with Gasteiger partial charge in [0.15, 0.2) is 0 Å². The Morgan fingerprint density at radius 3 is 2.52 bits per heavy atom. The molecule has 3 N–H and O–H groups in total. The first-order chi connectivity index (χ1) is 12.7. The van der Waals surface area contributed by atoms with Gasteiger partial charge in [0.25, 0.3) is 5.69 Å². The minimum atomic E-state index is -5.06. The largest absolute Gasteiger partial charge is 0.471 e. The molecule has 2 rings (SSSR count). The van der Waals surface area contributed by atoms with Crippen LogP contribution in [-0.4, -0.2) is 47.5 Å². The molecule has 12 heteroatoms. The molecule has 0 aliphatic carbocycles. The molecule has 0 spiro atoms. The van der Waals surface area contributed by atoms with Crippen LogP contribution in [0.1, 0.15) is 24.6 Å². The molecule has 0 saturated carbocycles. The Morgan fingerprint density at radius 2 is 2.00 bits per heavy atom. The van der Waals surface area contributed by atoms with Gasteiger partial charge in [-0.1, -0.05) is 0 Å². The second kappa shape index (κ2) is 8.75. The maximum Gasteiger partial charge on any atom is 0.471 e. The highest BCUT2D eigenvalue weighted by Crippen LogP contribution is 2.19. The van der Waals surface area contributed by atoms with Crippen LogP contribution in [0, 0.1) is 16.0 Å². The Labute approximate surface area is 151 Å². The third-order valence-corrected chi connectivity index (χ3v) is 4.09. The normalized spacial score (nSPS) is 16.4. The van der Waals surface area contributed by atoms with Gasteiger partial charge in [0.1, 0.15) is 6.20 Å². The van der Waals surface area contributed by atoms with E-state index in [4.69, 9.17) is 0 Å². The van der Waals surface area contributed by atoms with Crippen LogP contribution in [-0.2, 0) is 9.59 Å². The molecule has 1 fully saturated rings. The smallest absolute Gasteiger partial charge is 0.346 e. The fourth-order valence-electron chi connectivity index (χ4n) is 2.61. The fraction of sp³-hybridized carbons (Fsp3) is 0.533. The zero-order valence-corrected chi connectivity index (χ0v) is 14.1. The average Bonchev–Trinajstić information content (AvgIpc) is 2.64. The standard InChI is InChI=1S/C15H18F3N5O4/c16-15(17,18)14(25)21-8-12(11-2-1-10(7-20-11)23(26)27)22-13(24)9-3-5-19-6-4-9/h1-2,7,9,12,19H,3-6,8H2,(H,21,25)(H,22,24). The summed E-state index contributed by atoms with van der Waals surface area (Å²) in [7, 11) is 0. The molecule has 1 aliphatic rings. The van der Waals surface area contributed by atoms with Crippen molar-refractivity contribution in [1.29, 1.82) is 0 Å². The molecule has 1 aliphatic heterocycles. The number of nitro groups is 1. The number of halogens is 3. The van der Waals surface area contributed by atoms with E-state index in [1.807, 2.05) is 0 Å². The number of nitrogens with zero attached hydrogens (tertiary/aromatic N) is 2. The summed E-state index contributed by atoms with van der Waals surface area (Å²) in [6.45, 7) is 0.729. The van der Waals surface area contributed by atoms with Gasteiger partial charge >= 0.3 is 12.1 Å². The molecule has 2 amide bonds. The number of piperidine rings is 1. The van der Waals surface area contributed by atoms with Gasteiger partial charge in [-0.2, -0.15) is 13.2 Å². The first-order valence-corrected chi connectivity index (χ1v) is 8.15. The third kappa shape index (κ3) is 5.88. The highest BCUT2D eigenvalue weighted by atomic mass is 19.4. The number of nitrogens with one attached hydrogen (secondary N) is 3. The zero-order valence-electron chi connectivity index (χ0n) is 14.1. The summed E-state index contributed by atoms with van der Waals surface area (Å²) in [5, 5.41) is 18.1. The molecule has 0 bridgehead atoms. The molecule has 148 valence electrons. The van der Waals surface area contributed by atoms with Gasteiger partial charge in [0, 0.05) is 18.5 Å². The highest BCUT2D eigenvalue weighted by Gasteiger charge is 2.39. The van der Waals surface area contributed by atoms with Crippen LogP contribution >= 0.6 is 0 Å². The molecule has 0 radical (unpaired) electrons. The predicted octanol–water partition coefficient (Wildman–Crippen LogP) is 0.825. The first kappa shape index (κ1) is 20.6. The van der Waals surface area contributed by atoms with Crippen LogP contribution in [0.3, 0.4) is 0 Å². The van der Waals surface area contributed by atoms with Crippen molar-refractivity contribution in [3.8, 4) is 0 Å². The van der Waals surface area contributed by atoms with Crippen molar-refractivity contribution in [2.24, 2.45) is 5.92 Å². The van der Waals surface area contributed by atoms with Crippen molar-refractivity contribution in [3.05, 3.63) is 34.1 Å². The summed E-state index contributed by atoms with van der Waals surface area (Å²) < 4.78 is 37.2. The summed E-state index contributed by atoms with van der Waals surface area (Å²) >= 11 is 0. The second-order valence-electron chi connectivity index (χ2n) is 5.99. The number of aromatic nitrogens is 1. The molecule has 1 aromatic rings. The van der Waals surface area contributed by atoms with Gasteiger partial charge in [0.2, 0.25) is 5.91 Å². The number of rotatable bonds is 6. The van der Waals surface area contributed by atoms with Crippen LogP contribution in [0.2, 0.25) is 0 Å². The van der Waals surface area contributed by atoms with Crippen LogP contribution in [0.25, 0.3) is 0 Å². The highest BCUT2D eigenvalue weighted by molar-refractivity contribution is 5.82. The van der Waals surface area contributed by atoms with Crippen LogP contribution < -0.4 is 16.0 Å². The first-order valence-electron chi connectivity index (χ1n) is 8.15. The van der Waals surface area contributed by atoms with Gasteiger partial charge in [0.05, 0.1) is 16.7 Å². The van der Waals surface area contributed by atoms with Gasteiger partial charge in [-0.05, 0) is 32.0 Å². The summed E-state index contributed by atoms with van der Waals surface area (Å²) in [6.07, 6.45) is -2.99. The van der Waals surface area contributed by atoms with Crippen molar-refractivity contribution < 1.29 is 27.7 Å². The fourth-order valence-corrected chi connectivity index (χ4v) is 2.61. The minimum Gasteiger partial charge on any atom is -0.346 e. The van der Waals surface area contributed by atoms with E-state index in [9.17, 15) is 32.9 Å². The Hall–Kier alpha value is -2.76. The average molecular weight is 389 g/mol. The number of amides is 2. The van der Waals surface area contributed by atoms with Crippen molar-refractivity contribution >= 4 is 17.5 Å². The van der Waals surface area contributed by atoms with E-state index >= 15 is 0 Å². The van der Waals surface area contributed by atoms with Crippen molar-refractivity contribution in [3.63, 3.8) is 0 Å². The number of pyridine rings is 1. The lowest BCUT2D eigenvalue weighted by molar-refractivity contribution is -0.385. The molecular weight excluding hydrogens is 371 g/mol. The minimum absolute atomic E-state index is 0.102. The third-order valence-electron chi connectivity index (χ3n) is 4.09. The van der Waals surface area contributed by atoms with Crippen molar-refractivity contribution in [2.45, 2.75) is 25.1 Å². The van der Waals surface area contributed by atoms with E-state index in [2.05, 4.69) is 15.6 Å². The van der Waals surface area contributed by atoms with E-state index in [-0.39, 0.29) is 23.2 Å². The number of hydrogen-bond acceptors (Lipinski definition) is 6. The molecule has 27 heavy (non-hydrogen) atoms. The number of carbonyl (C=O) groups is 2. The Bertz CT molecular complexity index is 690. The van der Waals surface area contributed by atoms with Gasteiger partial charge in [-0.15, -0.1) is 0 Å². The van der Waals surface area contributed by atoms with E-state index in [0.717, 1.165) is 12.3 Å². The topological polar surface area (TPSA) is 126 Å². The van der Waals surface area contributed by atoms with Crippen LogP contribution in [0.4, 0.5) is 18.9 Å². The Kier molecular flexibility index (Phi) is 6.66. The van der Waals surface area contributed by atoms with Gasteiger partial charge in [-0.3, -0.25) is 24.7 Å².